The topological polar surface area (TPSA) is 38.0 Å². The van der Waals surface area contributed by atoms with E-state index in [1.807, 2.05) is 59.3 Å². The number of aromatic nitrogens is 2. The van der Waals surface area contributed by atoms with Gasteiger partial charge in [-0.25, -0.2) is 4.98 Å². The van der Waals surface area contributed by atoms with Crippen LogP contribution in [0.15, 0.2) is 77.0 Å². The van der Waals surface area contributed by atoms with Gasteiger partial charge in [-0.2, -0.15) is 0 Å². The Morgan fingerprint density at radius 1 is 1.13 bits per heavy atom. The predicted molar refractivity (Wildman–Crippen MR) is 93.8 cm³/mol. The number of nitrogens with zero attached hydrogens (tertiary/aromatic N) is 2. The Labute approximate surface area is 144 Å². The van der Waals surface area contributed by atoms with Crippen LogP contribution in [0.2, 0.25) is 5.02 Å². The van der Waals surface area contributed by atoms with E-state index in [2.05, 4.69) is 4.98 Å². The van der Waals surface area contributed by atoms with Crippen molar-refractivity contribution in [2.24, 2.45) is 0 Å². The summed E-state index contributed by atoms with van der Waals surface area (Å²) < 4.78 is 1.96. The zero-order valence-electron chi connectivity index (χ0n) is 12.5. The molecule has 1 aromatic heterocycles. The molecule has 0 aliphatic carbocycles. The van der Waals surface area contributed by atoms with Crippen molar-refractivity contribution in [2.75, 3.05) is 0 Å². The van der Waals surface area contributed by atoms with E-state index in [9.17, 15) is 5.11 Å². The minimum absolute atomic E-state index is 0.475. The molecule has 1 unspecified atom stereocenters. The van der Waals surface area contributed by atoms with Crippen LogP contribution in [0.1, 0.15) is 18.1 Å². The molecule has 0 amide bonds. The van der Waals surface area contributed by atoms with Crippen LogP contribution in [0.3, 0.4) is 0 Å². The van der Waals surface area contributed by atoms with E-state index in [-0.39, 0.29) is 0 Å². The molecule has 0 saturated carbocycles. The highest BCUT2D eigenvalue weighted by molar-refractivity contribution is 7.99. The summed E-state index contributed by atoms with van der Waals surface area (Å²) in [5.41, 5.74) is 0.925. The largest absolute Gasteiger partial charge is 0.388 e. The quantitative estimate of drug-likeness (QED) is 0.697. The standard InChI is InChI=1S/C18H17ClN2OS/c19-16-3-1-2-4-18(16)23-15-7-5-14(6-8-15)17(22)9-11-21-12-10-20-13-21/h1-8,10,12-13,17,22H,9,11H2. The fourth-order valence-electron chi connectivity index (χ4n) is 2.27. The van der Waals surface area contributed by atoms with Crippen molar-refractivity contribution in [1.82, 2.24) is 9.55 Å². The van der Waals surface area contributed by atoms with Crippen molar-refractivity contribution in [3.05, 3.63) is 77.8 Å². The predicted octanol–water partition coefficient (Wildman–Crippen LogP) is 4.81. The summed E-state index contributed by atoms with van der Waals surface area (Å²) >= 11 is 7.80. The van der Waals surface area contributed by atoms with Crippen LogP contribution in [-0.4, -0.2) is 14.7 Å². The first-order valence-electron chi connectivity index (χ1n) is 7.38. The Balaban J connectivity index is 1.61. The van der Waals surface area contributed by atoms with Gasteiger partial charge in [0, 0.05) is 28.7 Å². The molecule has 1 atom stereocenters. The molecular weight excluding hydrogens is 328 g/mol. The van der Waals surface area contributed by atoms with Gasteiger partial charge in [0.15, 0.2) is 0 Å². The molecule has 1 N–H and O–H groups in total. The normalized spacial score (nSPS) is 12.3. The number of imidazole rings is 1. The molecule has 0 bridgehead atoms. The summed E-state index contributed by atoms with van der Waals surface area (Å²) in [5, 5.41) is 11.0. The lowest BCUT2D eigenvalue weighted by atomic mass is 10.1. The molecule has 5 heteroatoms. The minimum atomic E-state index is -0.475. The van der Waals surface area contributed by atoms with E-state index < -0.39 is 6.10 Å². The summed E-state index contributed by atoms with van der Waals surface area (Å²) in [5.74, 6) is 0. The maximum atomic E-state index is 10.3. The number of aryl methyl sites for hydroxylation is 1. The van der Waals surface area contributed by atoms with Gasteiger partial charge in [0.05, 0.1) is 17.5 Å². The van der Waals surface area contributed by atoms with Gasteiger partial charge < -0.3 is 9.67 Å². The molecule has 0 aliphatic heterocycles. The van der Waals surface area contributed by atoms with Crippen LogP contribution >= 0.6 is 23.4 Å². The van der Waals surface area contributed by atoms with Crippen molar-refractivity contribution in [2.45, 2.75) is 28.9 Å². The maximum absolute atomic E-state index is 10.3. The fraction of sp³-hybridized carbons (Fsp3) is 0.167. The smallest absolute Gasteiger partial charge is 0.0945 e. The molecule has 0 saturated heterocycles. The third-order valence-corrected chi connectivity index (χ3v) is 5.07. The van der Waals surface area contributed by atoms with Gasteiger partial charge in [0.2, 0.25) is 0 Å². The van der Waals surface area contributed by atoms with Crippen molar-refractivity contribution < 1.29 is 5.11 Å². The Bertz CT molecular complexity index is 744. The van der Waals surface area contributed by atoms with E-state index in [1.54, 1.807) is 24.3 Å². The van der Waals surface area contributed by atoms with Gasteiger partial charge in [-0.3, -0.25) is 0 Å². The molecule has 3 aromatic rings. The molecule has 2 aromatic carbocycles. The van der Waals surface area contributed by atoms with Gasteiger partial charge in [0.1, 0.15) is 0 Å². The molecule has 3 rings (SSSR count). The van der Waals surface area contributed by atoms with Crippen LogP contribution in [0.4, 0.5) is 0 Å². The lowest BCUT2D eigenvalue weighted by Gasteiger charge is -2.12. The van der Waals surface area contributed by atoms with Crippen LogP contribution < -0.4 is 0 Å². The summed E-state index contributed by atoms with van der Waals surface area (Å²) in [6.07, 6.45) is 5.59. The fourth-order valence-corrected chi connectivity index (χ4v) is 3.36. The zero-order chi connectivity index (χ0) is 16.1. The lowest BCUT2D eigenvalue weighted by molar-refractivity contribution is 0.161. The number of hydrogen-bond acceptors (Lipinski definition) is 3. The van der Waals surface area contributed by atoms with Crippen LogP contribution in [-0.2, 0) is 6.54 Å². The molecule has 0 fully saturated rings. The summed E-state index contributed by atoms with van der Waals surface area (Å²) in [6.45, 7) is 0.747. The van der Waals surface area contributed by atoms with Crippen molar-refractivity contribution in [1.29, 1.82) is 0 Å². The third kappa shape index (κ3) is 4.38. The molecule has 0 aliphatic rings. The lowest BCUT2D eigenvalue weighted by Crippen LogP contribution is -2.03. The second-order valence-corrected chi connectivity index (χ2v) is 6.73. The van der Waals surface area contributed by atoms with Gasteiger partial charge >= 0.3 is 0 Å². The monoisotopic (exact) mass is 344 g/mol. The van der Waals surface area contributed by atoms with Gasteiger partial charge in [0.25, 0.3) is 0 Å². The Morgan fingerprint density at radius 3 is 2.61 bits per heavy atom. The third-order valence-electron chi connectivity index (χ3n) is 3.55. The van der Waals surface area contributed by atoms with Gasteiger partial charge in [-0.05, 0) is 36.2 Å². The van der Waals surface area contributed by atoms with Gasteiger partial charge in [-0.1, -0.05) is 47.6 Å². The first-order valence-corrected chi connectivity index (χ1v) is 8.58. The molecule has 0 spiro atoms. The zero-order valence-corrected chi connectivity index (χ0v) is 14.0. The van der Waals surface area contributed by atoms with E-state index in [0.717, 1.165) is 26.9 Å². The van der Waals surface area contributed by atoms with E-state index in [1.165, 1.54) is 0 Å². The number of rotatable bonds is 6. The molecule has 23 heavy (non-hydrogen) atoms. The van der Waals surface area contributed by atoms with Crippen LogP contribution in [0, 0.1) is 0 Å². The summed E-state index contributed by atoms with van der Waals surface area (Å²) in [6, 6.07) is 15.8. The average Bonchev–Trinajstić information content (AvgIpc) is 3.09. The van der Waals surface area contributed by atoms with Crippen molar-refractivity contribution in [3.63, 3.8) is 0 Å². The Kier molecular flexibility index (Phi) is 5.39. The second-order valence-electron chi connectivity index (χ2n) is 5.21. The van der Waals surface area contributed by atoms with Crippen molar-refractivity contribution >= 4 is 23.4 Å². The average molecular weight is 345 g/mol. The van der Waals surface area contributed by atoms with Gasteiger partial charge in [-0.15, -0.1) is 0 Å². The highest BCUT2D eigenvalue weighted by Gasteiger charge is 2.08. The summed E-state index contributed by atoms with van der Waals surface area (Å²) in [7, 11) is 0. The number of hydrogen-bond donors (Lipinski definition) is 1. The molecule has 118 valence electrons. The number of benzene rings is 2. The van der Waals surface area contributed by atoms with E-state index >= 15 is 0 Å². The van der Waals surface area contributed by atoms with E-state index in [0.29, 0.717) is 6.42 Å². The van der Waals surface area contributed by atoms with E-state index in [4.69, 9.17) is 11.6 Å². The first kappa shape index (κ1) is 16.1. The molecule has 3 nitrogen and oxygen atoms in total. The summed E-state index contributed by atoms with van der Waals surface area (Å²) in [4.78, 5) is 6.13. The maximum Gasteiger partial charge on any atom is 0.0945 e. The second kappa shape index (κ2) is 7.68. The first-order chi connectivity index (χ1) is 11.2. The van der Waals surface area contributed by atoms with Crippen LogP contribution in [0.5, 0.6) is 0 Å². The number of aliphatic hydroxyl groups is 1. The SMILES string of the molecule is OC(CCn1ccnc1)c1ccc(Sc2ccccc2Cl)cc1. The van der Waals surface area contributed by atoms with Crippen LogP contribution in [0.25, 0.3) is 0 Å². The highest BCUT2D eigenvalue weighted by atomic mass is 35.5. The Hall–Kier alpha value is -1.75. The van der Waals surface area contributed by atoms with Crippen molar-refractivity contribution in [3.8, 4) is 0 Å². The molecule has 0 radical (unpaired) electrons. The number of halogens is 1. The Morgan fingerprint density at radius 2 is 1.91 bits per heavy atom. The molecule has 1 heterocycles. The molecular formula is C18H17ClN2OS. The minimum Gasteiger partial charge on any atom is -0.388 e. The number of aliphatic hydroxyl groups excluding tert-OH is 1. The highest BCUT2D eigenvalue weighted by Crippen LogP contribution is 2.33.